The summed E-state index contributed by atoms with van der Waals surface area (Å²) in [6.45, 7) is 6.22. The number of thioether (sulfide) groups is 1. The van der Waals surface area contributed by atoms with Crippen LogP contribution in [0.5, 0.6) is 0 Å². The predicted molar refractivity (Wildman–Crippen MR) is 118 cm³/mol. The Bertz CT molecular complexity index is 1010. The van der Waals surface area contributed by atoms with Gasteiger partial charge in [-0.05, 0) is 30.9 Å². The van der Waals surface area contributed by atoms with Gasteiger partial charge in [0.25, 0.3) is 0 Å². The molecule has 6 nitrogen and oxygen atoms in total. The third-order valence-corrected chi connectivity index (χ3v) is 6.43. The van der Waals surface area contributed by atoms with Gasteiger partial charge in [-0.15, -0.1) is 0 Å². The van der Waals surface area contributed by atoms with E-state index in [1.165, 1.54) is 11.8 Å². The number of aromatic nitrogens is 3. The van der Waals surface area contributed by atoms with Crippen molar-refractivity contribution in [3.8, 4) is 0 Å². The smallest absolute Gasteiger partial charge is 0.306 e. The number of benzene rings is 1. The molecule has 0 bridgehead atoms. The molecule has 3 rings (SSSR count). The number of hydrogen-bond donors (Lipinski definition) is 3. The highest BCUT2D eigenvalue weighted by molar-refractivity contribution is 7.99. The molecule has 0 aliphatic carbocycles. The summed E-state index contributed by atoms with van der Waals surface area (Å²) < 4.78 is 0.668. The number of fused-ring (bicyclic) bond motifs is 1. The van der Waals surface area contributed by atoms with Crippen molar-refractivity contribution in [3.63, 3.8) is 0 Å². The van der Waals surface area contributed by atoms with Crippen molar-refractivity contribution in [1.29, 1.82) is 0 Å². The first-order valence-corrected chi connectivity index (χ1v) is 11.1. The van der Waals surface area contributed by atoms with Crippen LogP contribution in [0.15, 0.2) is 34.2 Å². The lowest BCUT2D eigenvalue weighted by Gasteiger charge is -2.19. The maximum absolute atomic E-state index is 11.9. The van der Waals surface area contributed by atoms with Gasteiger partial charge in [0.1, 0.15) is 4.70 Å². The summed E-state index contributed by atoms with van der Waals surface area (Å²) in [7, 11) is 0. The molecule has 2 atom stereocenters. The molecule has 150 valence electrons. The number of aromatic amines is 1. The van der Waals surface area contributed by atoms with Crippen LogP contribution in [0.3, 0.4) is 0 Å². The number of thiazole rings is 1. The Kier molecular flexibility index (Phi) is 6.98. The summed E-state index contributed by atoms with van der Waals surface area (Å²) >= 11 is 8.85. The number of aliphatic hydroxyl groups is 1. The van der Waals surface area contributed by atoms with Crippen LogP contribution in [0.1, 0.15) is 38.0 Å². The van der Waals surface area contributed by atoms with Gasteiger partial charge in [0.15, 0.2) is 16.6 Å². The minimum atomic E-state index is -0.182. The Balaban J connectivity index is 1.93. The van der Waals surface area contributed by atoms with Gasteiger partial charge in [-0.2, -0.15) is 0 Å². The van der Waals surface area contributed by atoms with Crippen LogP contribution in [0.4, 0.5) is 5.82 Å². The van der Waals surface area contributed by atoms with E-state index >= 15 is 0 Å². The minimum absolute atomic E-state index is 0.0124. The first kappa shape index (κ1) is 21.1. The Morgan fingerprint density at radius 1 is 1.29 bits per heavy atom. The van der Waals surface area contributed by atoms with E-state index in [-0.39, 0.29) is 22.8 Å². The van der Waals surface area contributed by atoms with Crippen molar-refractivity contribution in [2.24, 2.45) is 5.92 Å². The molecule has 0 aliphatic heterocycles. The third-order valence-electron chi connectivity index (χ3n) is 4.20. The molecular weight excluding hydrogens is 416 g/mol. The second kappa shape index (κ2) is 9.26. The van der Waals surface area contributed by atoms with Crippen molar-refractivity contribution in [2.45, 2.75) is 43.6 Å². The number of H-pyrrole nitrogens is 1. The molecule has 3 aromatic rings. The fourth-order valence-corrected chi connectivity index (χ4v) is 4.97. The Labute approximate surface area is 176 Å². The number of nitrogens with zero attached hydrogens (tertiary/aromatic N) is 2. The molecule has 3 N–H and O–H groups in total. The van der Waals surface area contributed by atoms with E-state index in [0.717, 1.165) is 23.3 Å². The van der Waals surface area contributed by atoms with E-state index in [1.54, 1.807) is 0 Å². The quantitative estimate of drug-likeness (QED) is 0.348. The summed E-state index contributed by atoms with van der Waals surface area (Å²) in [4.78, 5) is 23.6. The molecule has 0 aliphatic rings. The van der Waals surface area contributed by atoms with Crippen LogP contribution in [-0.2, 0) is 0 Å². The van der Waals surface area contributed by atoms with Crippen molar-refractivity contribution in [2.75, 3.05) is 11.9 Å². The van der Waals surface area contributed by atoms with E-state index in [0.29, 0.717) is 32.3 Å². The second-order valence-corrected chi connectivity index (χ2v) is 9.68. The molecule has 2 heterocycles. The SMILES string of the molecule is CC(C)C[C@H](CO)Nc1nc(SC(C)c2ccccc2Cl)nc2[nH]c(=O)sc12. The van der Waals surface area contributed by atoms with Crippen molar-refractivity contribution >= 4 is 50.9 Å². The Morgan fingerprint density at radius 2 is 2.04 bits per heavy atom. The van der Waals surface area contributed by atoms with E-state index in [4.69, 9.17) is 11.6 Å². The first-order chi connectivity index (χ1) is 13.4. The zero-order valence-electron chi connectivity index (χ0n) is 15.9. The van der Waals surface area contributed by atoms with Gasteiger partial charge in [-0.3, -0.25) is 9.78 Å². The van der Waals surface area contributed by atoms with E-state index in [2.05, 4.69) is 34.1 Å². The van der Waals surface area contributed by atoms with Crippen molar-refractivity contribution < 1.29 is 5.11 Å². The third kappa shape index (κ3) is 5.05. The number of rotatable bonds is 8. The van der Waals surface area contributed by atoms with Gasteiger partial charge in [0.2, 0.25) is 0 Å². The molecule has 0 radical (unpaired) electrons. The van der Waals surface area contributed by atoms with Gasteiger partial charge >= 0.3 is 4.87 Å². The predicted octanol–water partition coefficient (Wildman–Crippen LogP) is 4.71. The molecule has 2 aromatic heterocycles. The van der Waals surface area contributed by atoms with Gasteiger partial charge in [0.05, 0.1) is 12.6 Å². The maximum Gasteiger partial charge on any atom is 0.306 e. The number of halogens is 1. The molecule has 0 saturated carbocycles. The number of aliphatic hydroxyl groups excluding tert-OH is 1. The highest BCUT2D eigenvalue weighted by Crippen LogP contribution is 2.37. The molecular formula is C19H23ClN4O2S2. The second-order valence-electron chi connectivity index (χ2n) is 6.98. The van der Waals surface area contributed by atoms with Crippen LogP contribution in [0.2, 0.25) is 5.02 Å². The standard InChI is InChI=1S/C19H23ClN4O2S2/c1-10(2)8-12(9-25)21-16-15-17(24-19(26)28-15)23-18(22-16)27-11(3)13-6-4-5-7-14(13)20/h4-7,10-12,25H,8-9H2,1-3H3,(H2,21,22,23,24,26)/t11?,12-/m1/s1. The topological polar surface area (TPSA) is 90.9 Å². The highest BCUT2D eigenvalue weighted by atomic mass is 35.5. The van der Waals surface area contributed by atoms with E-state index in [1.807, 2.05) is 31.2 Å². The molecule has 0 saturated heterocycles. The molecule has 0 spiro atoms. The fraction of sp³-hybridized carbons (Fsp3) is 0.421. The Morgan fingerprint density at radius 3 is 2.71 bits per heavy atom. The summed E-state index contributed by atoms with van der Waals surface area (Å²) in [6.07, 6.45) is 0.791. The van der Waals surface area contributed by atoms with Gasteiger partial charge in [-0.1, -0.05) is 66.7 Å². The molecule has 9 heteroatoms. The monoisotopic (exact) mass is 438 g/mol. The number of nitrogens with one attached hydrogen (secondary N) is 2. The summed E-state index contributed by atoms with van der Waals surface area (Å²) in [5, 5.41) is 14.3. The average Bonchev–Trinajstić information content (AvgIpc) is 3.01. The van der Waals surface area contributed by atoms with Crippen molar-refractivity contribution in [3.05, 3.63) is 44.5 Å². The van der Waals surface area contributed by atoms with Crippen LogP contribution in [-0.4, -0.2) is 32.7 Å². The molecule has 0 fully saturated rings. The van der Waals surface area contributed by atoms with E-state index < -0.39 is 0 Å². The number of hydrogen-bond acceptors (Lipinski definition) is 7. The van der Waals surface area contributed by atoms with Gasteiger partial charge < -0.3 is 10.4 Å². The summed E-state index contributed by atoms with van der Waals surface area (Å²) in [6, 6.07) is 7.54. The summed E-state index contributed by atoms with van der Waals surface area (Å²) in [5.41, 5.74) is 1.50. The molecule has 0 amide bonds. The molecule has 28 heavy (non-hydrogen) atoms. The van der Waals surface area contributed by atoms with Crippen LogP contribution in [0, 0.1) is 5.92 Å². The largest absolute Gasteiger partial charge is 0.394 e. The normalized spacial score (nSPS) is 13.8. The fourth-order valence-electron chi connectivity index (χ4n) is 2.94. The highest BCUT2D eigenvalue weighted by Gasteiger charge is 2.19. The maximum atomic E-state index is 11.9. The summed E-state index contributed by atoms with van der Waals surface area (Å²) in [5.74, 6) is 0.989. The Hall–Kier alpha value is -1.61. The van der Waals surface area contributed by atoms with E-state index in [9.17, 15) is 9.90 Å². The number of anilines is 1. The van der Waals surface area contributed by atoms with Crippen LogP contribution < -0.4 is 10.2 Å². The zero-order valence-corrected chi connectivity index (χ0v) is 18.3. The molecule has 1 unspecified atom stereocenters. The first-order valence-electron chi connectivity index (χ1n) is 9.06. The lowest BCUT2D eigenvalue weighted by Crippen LogP contribution is -2.26. The van der Waals surface area contributed by atoms with Crippen molar-refractivity contribution in [1.82, 2.24) is 15.0 Å². The average molecular weight is 439 g/mol. The van der Waals surface area contributed by atoms with Gasteiger partial charge in [-0.25, -0.2) is 9.97 Å². The van der Waals surface area contributed by atoms with Gasteiger partial charge in [0, 0.05) is 10.3 Å². The van der Waals surface area contributed by atoms with Crippen LogP contribution in [0.25, 0.3) is 10.3 Å². The lowest BCUT2D eigenvalue weighted by atomic mass is 10.0. The minimum Gasteiger partial charge on any atom is -0.394 e. The molecule has 1 aromatic carbocycles. The van der Waals surface area contributed by atoms with Crippen LogP contribution >= 0.6 is 34.7 Å². The lowest BCUT2D eigenvalue weighted by molar-refractivity contribution is 0.259. The zero-order chi connectivity index (χ0) is 20.3.